The van der Waals surface area contributed by atoms with Crippen LogP contribution in [0.15, 0.2) is 64.3 Å². The molecule has 1 N–H and O–H groups in total. The molecular formula is C18H13ClN4S3. The lowest BCUT2D eigenvalue weighted by atomic mass is 10.2. The van der Waals surface area contributed by atoms with Crippen LogP contribution in [0.3, 0.4) is 0 Å². The number of aromatic nitrogens is 3. The normalized spacial score (nSPS) is 10.8. The van der Waals surface area contributed by atoms with Crippen LogP contribution in [-0.2, 0) is 5.75 Å². The molecule has 0 bridgehead atoms. The van der Waals surface area contributed by atoms with Gasteiger partial charge in [-0.1, -0.05) is 65.0 Å². The molecule has 130 valence electrons. The number of nitrogens with one attached hydrogen (secondary N) is 1. The van der Waals surface area contributed by atoms with Gasteiger partial charge >= 0.3 is 0 Å². The van der Waals surface area contributed by atoms with Gasteiger partial charge in [-0.15, -0.1) is 21.5 Å². The highest BCUT2D eigenvalue weighted by molar-refractivity contribution is 8.00. The Hall–Kier alpha value is -1.93. The third kappa shape index (κ3) is 4.42. The van der Waals surface area contributed by atoms with Gasteiger partial charge in [0.05, 0.1) is 5.69 Å². The average molecular weight is 417 g/mol. The fourth-order valence-electron chi connectivity index (χ4n) is 2.20. The van der Waals surface area contributed by atoms with E-state index < -0.39 is 0 Å². The van der Waals surface area contributed by atoms with Crippen LogP contribution in [-0.4, -0.2) is 15.2 Å². The summed E-state index contributed by atoms with van der Waals surface area (Å²) in [6.07, 6.45) is 0. The minimum Gasteiger partial charge on any atom is -0.330 e. The van der Waals surface area contributed by atoms with Gasteiger partial charge in [-0.05, 0) is 24.3 Å². The molecule has 0 aliphatic rings. The summed E-state index contributed by atoms with van der Waals surface area (Å²) in [6, 6.07) is 17.7. The number of rotatable bonds is 6. The number of anilines is 2. The standard InChI is InChI=1S/C18H13ClN4S3/c19-13-8-6-12(7-9-13)16-20-15(10-24-16)11-25-18-23-22-17(26-18)21-14-4-2-1-3-5-14/h1-10H,11H2,(H,21,22). The number of halogens is 1. The van der Waals surface area contributed by atoms with Crippen LogP contribution >= 0.6 is 46.0 Å². The number of thiazole rings is 1. The number of thioether (sulfide) groups is 1. The predicted octanol–water partition coefficient (Wildman–Crippen LogP) is 6.35. The van der Waals surface area contributed by atoms with E-state index in [4.69, 9.17) is 16.6 Å². The van der Waals surface area contributed by atoms with E-state index in [1.165, 1.54) is 0 Å². The van der Waals surface area contributed by atoms with Crippen LogP contribution in [0.25, 0.3) is 10.6 Å². The zero-order valence-corrected chi connectivity index (χ0v) is 16.6. The van der Waals surface area contributed by atoms with Gasteiger partial charge in [0.25, 0.3) is 0 Å². The molecule has 4 nitrogen and oxygen atoms in total. The zero-order chi connectivity index (χ0) is 17.8. The van der Waals surface area contributed by atoms with Crippen molar-refractivity contribution in [3.63, 3.8) is 0 Å². The maximum absolute atomic E-state index is 5.94. The molecule has 2 heterocycles. The molecule has 0 saturated heterocycles. The van der Waals surface area contributed by atoms with Crippen molar-refractivity contribution in [3.05, 3.63) is 70.7 Å². The maximum atomic E-state index is 5.94. The number of para-hydroxylation sites is 1. The molecule has 0 radical (unpaired) electrons. The van der Waals surface area contributed by atoms with Crippen molar-refractivity contribution in [2.45, 2.75) is 10.1 Å². The van der Waals surface area contributed by atoms with Crippen molar-refractivity contribution in [2.75, 3.05) is 5.32 Å². The molecule has 8 heteroatoms. The van der Waals surface area contributed by atoms with E-state index in [-0.39, 0.29) is 0 Å². The average Bonchev–Trinajstić information content (AvgIpc) is 3.31. The Balaban J connectivity index is 1.37. The summed E-state index contributed by atoms with van der Waals surface area (Å²) < 4.78 is 0.921. The lowest BCUT2D eigenvalue weighted by Crippen LogP contribution is -1.87. The van der Waals surface area contributed by atoms with Gasteiger partial charge in [-0.2, -0.15) is 0 Å². The van der Waals surface area contributed by atoms with Crippen molar-refractivity contribution < 1.29 is 0 Å². The van der Waals surface area contributed by atoms with Crippen LogP contribution in [0.5, 0.6) is 0 Å². The first kappa shape index (κ1) is 17.5. The highest BCUT2D eigenvalue weighted by Gasteiger charge is 2.09. The number of nitrogens with zero attached hydrogens (tertiary/aromatic N) is 3. The first-order valence-electron chi connectivity index (χ1n) is 7.75. The van der Waals surface area contributed by atoms with Gasteiger partial charge in [0, 0.05) is 27.4 Å². The van der Waals surface area contributed by atoms with E-state index in [1.807, 2.05) is 54.6 Å². The molecule has 0 spiro atoms. The Kier molecular flexibility index (Phi) is 5.50. The molecule has 2 aromatic carbocycles. The van der Waals surface area contributed by atoms with Gasteiger partial charge in [-0.3, -0.25) is 0 Å². The van der Waals surface area contributed by atoms with Gasteiger partial charge in [0.15, 0.2) is 4.34 Å². The van der Waals surface area contributed by atoms with E-state index in [9.17, 15) is 0 Å². The second kappa shape index (κ2) is 8.18. The second-order valence-corrected chi connectivity index (χ2v) is 8.80. The largest absolute Gasteiger partial charge is 0.330 e. The van der Waals surface area contributed by atoms with Crippen molar-refractivity contribution in [3.8, 4) is 10.6 Å². The maximum Gasteiger partial charge on any atom is 0.210 e. The second-order valence-electron chi connectivity index (χ2n) is 5.30. The molecule has 0 saturated carbocycles. The lowest BCUT2D eigenvalue weighted by Gasteiger charge is -1.99. The predicted molar refractivity (Wildman–Crippen MR) is 112 cm³/mol. The summed E-state index contributed by atoms with van der Waals surface area (Å²) in [7, 11) is 0. The molecule has 0 aliphatic carbocycles. The monoisotopic (exact) mass is 416 g/mol. The van der Waals surface area contributed by atoms with Gasteiger partial charge in [0.2, 0.25) is 5.13 Å². The number of hydrogen-bond donors (Lipinski definition) is 1. The highest BCUT2D eigenvalue weighted by Crippen LogP contribution is 2.31. The van der Waals surface area contributed by atoms with Crippen molar-refractivity contribution >= 4 is 56.9 Å². The number of benzene rings is 2. The Morgan fingerprint density at radius 2 is 1.81 bits per heavy atom. The lowest BCUT2D eigenvalue weighted by molar-refractivity contribution is 1.01. The third-order valence-corrected chi connectivity index (χ3v) is 6.62. The van der Waals surface area contributed by atoms with E-state index in [2.05, 4.69) is 20.9 Å². The first-order valence-corrected chi connectivity index (χ1v) is 10.8. The zero-order valence-electron chi connectivity index (χ0n) is 13.4. The molecule has 0 aliphatic heterocycles. The van der Waals surface area contributed by atoms with Gasteiger partial charge in [-0.25, -0.2) is 4.98 Å². The summed E-state index contributed by atoms with van der Waals surface area (Å²) >= 11 is 10.8. The minimum absolute atomic E-state index is 0.734. The number of hydrogen-bond acceptors (Lipinski definition) is 7. The van der Waals surface area contributed by atoms with Crippen molar-refractivity contribution in [1.82, 2.24) is 15.2 Å². The summed E-state index contributed by atoms with van der Waals surface area (Å²) in [5.41, 5.74) is 3.13. The molecule has 0 unspecified atom stereocenters. The molecule has 4 aromatic rings. The molecule has 4 rings (SSSR count). The molecule has 2 aromatic heterocycles. The van der Waals surface area contributed by atoms with Gasteiger partial charge < -0.3 is 5.32 Å². The quantitative estimate of drug-likeness (QED) is 0.371. The molecule has 0 amide bonds. The van der Waals surface area contributed by atoms with E-state index in [0.29, 0.717) is 0 Å². The van der Waals surface area contributed by atoms with Crippen LogP contribution in [0.4, 0.5) is 10.8 Å². The fraction of sp³-hybridized carbons (Fsp3) is 0.0556. The Bertz CT molecular complexity index is 983. The highest BCUT2D eigenvalue weighted by atomic mass is 35.5. The Labute approximate surface area is 168 Å². The SMILES string of the molecule is Clc1ccc(-c2nc(CSc3nnc(Nc4ccccc4)s3)cs2)cc1. The summed E-state index contributed by atoms with van der Waals surface area (Å²) in [5.74, 6) is 0.768. The van der Waals surface area contributed by atoms with Crippen molar-refractivity contribution in [2.24, 2.45) is 0 Å². The fourth-order valence-corrected chi connectivity index (χ4v) is 4.92. The third-order valence-electron chi connectivity index (χ3n) is 3.42. The van der Waals surface area contributed by atoms with Gasteiger partial charge in [0.1, 0.15) is 5.01 Å². The van der Waals surface area contributed by atoms with Crippen LogP contribution in [0.1, 0.15) is 5.69 Å². The molecule has 26 heavy (non-hydrogen) atoms. The minimum atomic E-state index is 0.734. The molecule has 0 atom stereocenters. The van der Waals surface area contributed by atoms with Crippen LogP contribution in [0, 0.1) is 0 Å². The smallest absolute Gasteiger partial charge is 0.210 e. The Morgan fingerprint density at radius 3 is 2.62 bits per heavy atom. The van der Waals surface area contributed by atoms with Crippen molar-refractivity contribution in [1.29, 1.82) is 0 Å². The topological polar surface area (TPSA) is 50.7 Å². The molecule has 0 fully saturated rings. The van der Waals surface area contributed by atoms with Crippen LogP contribution in [0.2, 0.25) is 5.02 Å². The Morgan fingerprint density at radius 1 is 1.00 bits per heavy atom. The summed E-state index contributed by atoms with van der Waals surface area (Å²) in [4.78, 5) is 4.70. The van der Waals surface area contributed by atoms with E-state index in [0.717, 1.165) is 42.2 Å². The van der Waals surface area contributed by atoms with Crippen LogP contribution < -0.4 is 5.32 Å². The van der Waals surface area contributed by atoms with E-state index in [1.54, 1.807) is 34.4 Å². The van der Waals surface area contributed by atoms with E-state index >= 15 is 0 Å². The molecular weight excluding hydrogens is 404 g/mol. The first-order chi connectivity index (χ1) is 12.8. The summed E-state index contributed by atoms with van der Waals surface area (Å²) in [6.45, 7) is 0. The summed E-state index contributed by atoms with van der Waals surface area (Å²) in [5, 5.41) is 16.3.